The minimum absolute atomic E-state index is 0.419. The van der Waals surface area contributed by atoms with Gasteiger partial charge in [-0.2, -0.15) is 0 Å². The van der Waals surface area contributed by atoms with Crippen LogP contribution in [0.25, 0.3) is 10.1 Å². The molecule has 102 valence electrons. The van der Waals surface area contributed by atoms with Gasteiger partial charge in [0, 0.05) is 29.4 Å². The number of thiophene rings is 1. The number of hydrogen-bond acceptors (Lipinski definition) is 5. The van der Waals surface area contributed by atoms with Crippen molar-refractivity contribution in [1.29, 1.82) is 0 Å². The standard InChI is InChI=1S/C11H8O3S.C3H8O/c1-14-8-3-2-4-9-11(8)7(5-12)10(6-13)15-9;1-3-4-2/h2-6H,1H3;3H2,1-2H3. The minimum atomic E-state index is 0.419. The van der Waals surface area contributed by atoms with Crippen molar-refractivity contribution in [2.24, 2.45) is 0 Å². The number of benzene rings is 1. The molecule has 1 aromatic carbocycles. The minimum Gasteiger partial charge on any atom is -0.496 e. The topological polar surface area (TPSA) is 52.6 Å². The van der Waals surface area contributed by atoms with Gasteiger partial charge in [0.1, 0.15) is 5.75 Å². The van der Waals surface area contributed by atoms with Crippen molar-refractivity contribution in [2.45, 2.75) is 6.92 Å². The highest BCUT2D eigenvalue weighted by Crippen LogP contribution is 2.35. The summed E-state index contributed by atoms with van der Waals surface area (Å²) in [5.41, 5.74) is 0.419. The number of hydrogen-bond donors (Lipinski definition) is 0. The lowest BCUT2D eigenvalue weighted by molar-refractivity contribution is 0.109. The predicted molar refractivity (Wildman–Crippen MR) is 76.7 cm³/mol. The SMILES string of the molecule is CCOC.COc1cccc2sc(C=O)c(C=O)c12. The summed E-state index contributed by atoms with van der Waals surface area (Å²) in [6, 6.07) is 5.47. The molecule has 0 fully saturated rings. The van der Waals surface area contributed by atoms with Crippen molar-refractivity contribution in [1.82, 2.24) is 0 Å². The smallest absolute Gasteiger partial charge is 0.160 e. The zero-order valence-electron chi connectivity index (χ0n) is 11.1. The molecule has 4 nitrogen and oxygen atoms in total. The van der Waals surface area contributed by atoms with Crippen LogP contribution in [0.15, 0.2) is 18.2 Å². The van der Waals surface area contributed by atoms with Gasteiger partial charge in [0.15, 0.2) is 12.6 Å². The van der Waals surface area contributed by atoms with Crippen LogP contribution in [-0.2, 0) is 4.74 Å². The maximum atomic E-state index is 10.9. The molecule has 0 N–H and O–H groups in total. The van der Waals surface area contributed by atoms with Gasteiger partial charge in [-0.25, -0.2) is 0 Å². The van der Waals surface area contributed by atoms with Crippen LogP contribution in [0, 0.1) is 0 Å². The summed E-state index contributed by atoms with van der Waals surface area (Å²) in [6.45, 7) is 2.78. The van der Waals surface area contributed by atoms with Crippen molar-refractivity contribution in [3.63, 3.8) is 0 Å². The Bertz CT molecular complexity index is 558. The van der Waals surface area contributed by atoms with Gasteiger partial charge >= 0.3 is 0 Å². The van der Waals surface area contributed by atoms with Crippen LogP contribution in [0.3, 0.4) is 0 Å². The molecule has 5 heteroatoms. The Labute approximate surface area is 115 Å². The fourth-order valence-corrected chi connectivity index (χ4v) is 2.54. The van der Waals surface area contributed by atoms with Crippen LogP contribution >= 0.6 is 11.3 Å². The van der Waals surface area contributed by atoms with Crippen molar-refractivity contribution >= 4 is 34.0 Å². The summed E-state index contributed by atoms with van der Waals surface area (Å²) in [5, 5.41) is 0.724. The molecule has 2 aromatic rings. The molecule has 0 spiro atoms. The first-order chi connectivity index (χ1) is 9.23. The Kier molecular flexibility index (Phi) is 6.18. The monoisotopic (exact) mass is 280 g/mol. The van der Waals surface area contributed by atoms with E-state index in [0.717, 1.165) is 16.7 Å². The predicted octanol–water partition coefficient (Wildman–Crippen LogP) is 3.19. The third-order valence-corrected chi connectivity index (χ3v) is 3.57. The summed E-state index contributed by atoms with van der Waals surface area (Å²) in [5.74, 6) is 0.624. The van der Waals surface area contributed by atoms with Crippen molar-refractivity contribution in [2.75, 3.05) is 20.8 Å². The van der Waals surface area contributed by atoms with Crippen LogP contribution in [0.2, 0.25) is 0 Å². The van der Waals surface area contributed by atoms with Gasteiger partial charge in [-0.1, -0.05) is 6.07 Å². The molecule has 2 rings (SSSR count). The van der Waals surface area contributed by atoms with Crippen LogP contribution < -0.4 is 4.74 Å². The van der Waals surface area contributed by atoms with Crippen molar-refractivity contribution in [3.05, 3.63) is 28.6 Å². The second kappa shape index (κ2) is 7.66. The summed E-state index contributed by atoms with van der Waals surface area (Å²) in [6.07, 6.45) is 1.40. The highest BCUT2D eigenvalue weighted by molar-refractivity contribution is 7.21. The number of rotatable bonds is 4. The first-order valence-corrected chi connectivity index (χ1v) is 6.53. The first kappa shape index (κ1) is 15.3. The van der Waals surface area contributed by atoms with E-state index in [4.69, 9.17) is 4.74 Å². The molecule has 1 aromatic heterocycles. The highest BCUT2D eigenvalue weighted by atomic mass is 32.1. The van der Waals surface area contributed by atoms with E-state index in [2.05, 4.69) is 4.74 Å². The van der Waals surface area contributed by atoms with Gasteiger partial charge in [0.05, 0.1) is 12.0 Å². The molecule has 0 saturated heterocycles. The Morgan fingerprint density at radius 2 is 1.89 bits per heavy atom. The lowest BCUT2D eigenvalue weighted by atomic mass is 10.1. The molecule has 0 aliphatic rings. The van der Waals surface area contributed by atoms with Gasteiger partial charge in [0.2, 0.25) is 0 Å². The average Bonchev–Trinajstić information content (AvgIpc) is 2.84. The zero-order valence-corrected chi connectivity index (χ0v) is 12.0. The molecular formula is C14H16O4S. The van der Waals surface area contributed by atoms with Gasteiger partial charge in [-0.05, 0) is 19.1 Å². The number of aldehydes is 2. The van der Waals surface area contributed by atoms with E-state index in [0.29, 0.717) is 28.8 Å². The molecule has 0 radical (unpaired) electrons. The third-order valence-electron chi connectivity index (χ3n) is 2.48. The molecule has 0 amide bonds. The molecular weight excluding hydrogens is 264 g/mol. The van der Waals surface area contributed by atoms with Crippen LogP contribution in [0.4, 0.5) is 0 Å². The largest absolute Gasteiger partial charge is 0.496 e. The van der Waals surface area contributed by atoms with Crippen molar-refractivity contribution < 1.29 is 19.1 Å². The Morgan fingerprint density at radius 1 is 1.21 bits per heavy atom. The van der Waals surface area contributed by atoms with E-state index in [1.54, 1.807) is 20.3 Å². The van der Waals surface area contributed by atoms with E-state index in [9.17, 15) is 9.59 Å². The summed E-state index contributed by atoms with van der Waals surface area (Å²) >= 11 is 1.30. The molecule has 0 aliphatic heterocycles. The molecule has 0 aliphatic carbocycles. The van der Waals surface area contributed by atoms with Crippen LogP contribution in [0.1, 0.15) is 27.0 Å². The lowest BCUT2D eigenvalue weighted by Gasteiger charge is -2.01. The Hall–Kier alpha value is -1.72. The summed E-state index contributed by atoms with van der Waals surface area (Å²) in [7, 11) is 3.22. The molecule has 1 heterocycles. The fraction of sp³-hybridized carbons (Fsp3) is 0.286. The van der Waals surface area contributed by atoms with E-state index >= 15 is 0 Å². The number of fused-ring (bicyclic) bond motifs is 1. The van der Waals surface area contributed by atoms with Crippen LogP contribution in [0.5, 0.6) is 5.75 Å². The second-order valence-corrected chi connectivity index (χ2v) is 4.61. The first-order valence-electron chi connectivity index (χ1n) is 5.72. The van der Waals surface area contributed by atoms with Gasteiger partial charge in [0.25, 0.3) is 0 Å². The second-order valence-electron chi connectivity index (χ2n) is 3.53. The molecule has 0 bridgehead atoms. The lowest BCUT2D eigenvalue weighted by Crippen LogP contribution is -1.87. The fourth-order valence-electron chi connectivity index (χ4n) is 1.53. The van der Waals surface area contributed by atoms with E-state index in [-0.39, 0.29) is 0 Å². The number of carbonyl (C=O) groups is 2. The van der Waals surface area contributed by atoms with E-state index < -0.39 is 0 Å². The normalized spacial score (nSPS) is 9.63. The molecule has 0 unspecified atom stereocenters. The number of methoxy groups -OCH3 is 2. The maximum absolute atomic E-state index is 10.9. The van der Waals surface area contributed by atoms with Crippen LogP contribution in [-0.4, -0.2) is 33.4 Å². The van der Waals surface area contributed by atoms with Gasteiger partial charge < -0.3 is 9.47 Å². The van der Waals surface area contributed by atoms with E-state index in [1.807, 2.05) is 19.1 Å². The third kappa shape index (κ3) is 3.39. The molecule has 0 saturated carbocycles. The quantitative estimate of drug-likeness (QED) is 0.807. The molecule has 0 atom stereocenters. The summed E-state index contributed by atoms with van der Waals surface area (Å²) < 4.78 is 10.6. The maximum Gasteiger partial charge on any atom is 0.160 e. The zero-order chi connectivity index (χ0) is 14.3. The Morgan fingerprint density at radius 3 is 2.37 bits per heavy atom. The average molecular weight is 280 g/mol. The van der Waals surface area contributed by atoms with Gasteiger partial charge in [-0.15, -0.1) is 11.3 Å². The van der Waals surface area contributed by atoms with Gasteiger partial charge in [-0.3, -0.25) is 9.59 Å². The number of ether oxygens (including phenoxy) is 2. The van der Waals surface area contributed by atoms with Crippen molar-refractivity contribution in [3.8, 4) is 5.75 Å². The Balaban J connectivity index is 0.000000399. The molecule has 19 heavy (non-hydrogen) atoms. The highest BCUT2D eigenvalue weighted by Gasteiger charge is 2.14. The summed E-state index contributed by atoms with van der Waals surface area (Å²) in [4.78, 5) is 22.1. The number of carbonyl (C=O) groups excluding carboxylic acids is 2. The van der Waals surface area contributed by atoms with E-state index in [1.165, 1.54) is 11.3 Å².